The first-order chi connectivity index (χ1) is 18.2. The summed E-state index contributed by atoms with van der Waals surface area (Å²) in [7, 11) is 0. The third-order valence-electron chi connectivity index (χ3n) is 8.28. The van der Waals surface area contributed by atoms with Gasteiger partial charge in [0.15, 0.2) is 5.69 Å². The van der Waals surface area contributed by atoms with Gasteiger partial charge in [0.1, 0.15) is 12.6 Å². The first-order valence-corrected chi connectivity index (χ1v) is 13.7. The van der Waals surface area contributed by atoms with Gasteiger partial charge in [0, 0.05) is 69.3 Å². The first-order valence-electron chi connectivity index (χ1n) is 13.7. The van der Waals surface area contributed by atoms with Gasteiger partial charge >= 0.3 is 0 Å². The molecule has 2 aliphatic heterocycles. The van der Waals surface area contributed by atoms with Crippen LogP contribution in [0.2, 0.25) is 0 Å². The summed E-state index contributed by atoms with van der Waals surface area (Å²) in [5, 5.41) is 14.2. The van der Waals surface area contributed by atoms with Crippen molar-refractivity contribution in [3.05, 3.63) is 46.3 Å². The maximum Gasteiger partial charge on any atom is 0.274 e. The Morgan fingerprint density at radius 2 is 1.58 bits per heavy atom. The minimum absolute atomic E-state index is 0.0343. The van der Waals surface area contributed by atoms with E-state index in [1.54, 1.807) is 14.5 Å². The van der Waals surface area contributed by atoms with Crippen molar-refractivity contribution in [1.82, 2.24) is 24.5 Å². The van der Waals surface area contributed by atoms with Crippen LogP contribution < -0.4 is 4.90 Å². The highest BCUT2D eigenvalue weighted by molar-refractivity contribution is 5.94. The molecule has 3 amide bonds. The number of benzene rings is 1. The van der Waals surface area contributed by atoms with Gasteiger partial charge in [-0.15, -0.1) is 0 Å². The molecule has 0 spiro atoms. The molecule has 1 aromatic carbocycles. The Balaban J connectivity index is 1.22. The number of rotatable bonds is 5. The quantitative estimate of drug-likeness (QED) is 0.629. The van der Waals surface area contributed by atoms with Crippen molar-refractivity contribution in [2.75, 3.05) is 57.3 Å². The first kappa shape index (κ1) is 26.2. The number of carbonyl (C=O) groups is 3. The smallest absolute Gasteiger partial charge is 0.274 e. The van der Waals surface area contributed by atoms with Gasteiger partial charge in [0.05, 0.1) is 0 Å². The Labute approximate surface area is 223 Å². The second kappa shape index (κ2) is 10.8. The summed E-state index contributed by atoms with van der Waals surface area (Å²) >= 11 is 0. The van der Waals surface area contributed by atoms with Crippen LogP contribution >= 0.6 is 0 Å². The van der Waals surface area contributed by atoms with E-state index in [9.17, 15) is 19.5 Å². The van der Waals surface area contributed by atoms with Gasteiger partial charge < -0.3 is 24.7 Å². The lowest BCUT2D eigenvalue weighted by atomic mass is 10.1. The molecule has 10 nitrogen and oxygen atoms in total. The van der Waals surface area contributed by atoms with Crippen molar-refractivity contribution in [2.45, 2.75) is 52.7 Å². The predicted molar refractivity (Wildman–Crippen MR) is 143 cm³/mol. The molecular formula is C28H38N6O4. The van der Waals surface area contributed by atoms with Crippen LogP contribution in [0.1, 0.15) is 46.2 Å². The fourth-order valence-corrected chi connectivity index (χ4v) is 5.86. The molecule has 2 aromatic rings. The van der Waals surface area contributed by atoms with Gasteiger partial charge in [0.2, 0.25) is 5.91 Å². The van der Waals surface area contributed by atoms with E-state index < -0.39 is 6.10 Å². The van der Waals surface area contributed by atoms with Crippen LogP contribution in [0.3, 0.4) is 0 Å². The summed E-state index contributed by atoms with van der Waals surface area (Å²) in [5.74, 6) is -0.414. The van der Waals surface area contributed by atoms with Gasteiger partial charge in [-0.05, 0) is 57.2 Å². The maximum atomic E-state index is 13.4. The van der Waals surface area contributed by atoms with Crippen molar-refractivity contribution < 1.29 is 19.5 Å². The zero-order valence-corrected chi connectivity index (χ0v) is 22.6. The Hall–Kier alpha value is -3.40. The van der Waals surface area contributed by atoms with Crippen molar-refractivity contribution in [2.24, 2.45) is 0 Å². The van der Waals surface area contributed by atoms with Crippen LogP contribution in [-0.2, 0) is 29.0 Å². The highest BCUT2D eigenvalue weighted by Gasteiger charge is 2.33. The fraction of sp³-hybridized carbons (Fsp3) is 0.571. The van der Waals surface area contributed by atoms with Crippen molar-refractivity contribution in [1.29, 1.82) is 0 Å². The molecule has 3 aliphatic rings. The number of piperazine rings is 2. The average Bonchev–Trinajstić information content (AvgIpc) is 3.53. The summed E-state index contributed by atoms with van der Waals surface area (Å²) < 4.78 is 1.75. The molecule has 1 N–H and O–H groups in total. The lowest BCUT2D eigenvalue weighted by Crippen LogP contribution is -2.52. The number of hydrogen-bond donors (Lipinski definition) is 1. The molecule has 2 fully saturated rings. The monoisotopic (exact) mass is 522 g/mol. The highest BCUT2D eigenvalue weighted by Crippen LogP contribution is 2.27. The SMILES string of the molecule is Cc1cccc(N2CCN(C(=O)Cn3nc(C(=O)N4CCN(C(=O)[C@@H](C)O)CC4)c4c3CCC4)CC2)c1C. The number of fused-ring (bicyclic) bond motifs is 1. The zero-order valence-electron chi connectivity index (χ0n) is 22.6. The predicted octanol–water partition coefficient (Wildman–Crippen LogP) is 1.00. The molecule has 0 saturated carbocycles. The van der Waals surface area contributed by atoms with E-state index in [1.165, 1.54) is 23.7 Å². The molecular weight excluding hydrogens is 484 g/mol. The van der Waals surface area contributed by atoms with E-state index in [4.69, 9.17) is 0 Å². The number of nitrogens with zero attached hydrogens (tertiary/aromatic N) is 6. The van der Waals surface area contributed by atoms with Crippen LogP contribution in [0.4, 0.5) is 5.69 Å². The molecule has 0 bridgehead atoms. The van der Waals surface area contributed by atoms with Crippen LogP contribution in [0.15, 0.2) is 18.2 Å². The molecule has 10 heteroatoms. The summed E-state index contributed by atoms with van der Waals surface area (Å²) in [6.45, 7) is 10.4. The van der Waals surface area contributed by atoms with Crippen LogP contribution in [0.5, 0.6) is 0 Å². The van der Waals surface area contributed by atoms with Gasteiger partial charge in [0.25, 0.3) is 11.8 Å². The minimum atomic E-state index is -1.04. The summed E-state index contributed by atoms with van der Waals surface area (Å²) in [5.41, 5.74) is 6.20. The second-order valence-electron chi connectivity index (χ2n) is 10.7. The van der Waals surface area contributed by atoms with Gasteiger partial charge in [-0.25, -0.2) is 0 Å². The van der Waals surface area contributed by atoms with E-state index >= 15 is 0 Å². The lowest BCUT2D eigenvalue weighted by molar-refractivity contribution is -0.140. The standard InChI is InChI=1S/C28H38N6O4/c1-19-6-4-8-23(20(19)2)30-10-12-31(13-11-30)25(36)18-34-24-9-5-7-22(24)26(29-34)28(38)33-16-14-32(15-17-33)27(37)21(3)35/h4,6,8,21,35H,5,7,9-18H2,1-3H3/t21-/m1/s1. The minimum Gasteiger partial charge on any atom is -0.384 e. The van der Waals surface area contributed by atoms with E-state index in [-0.39, 0.29) is 24.3 Å². The molecule has 204 valence electrons. The molecule has 0 radical (unpaired) electrons. The van der Waals surface area contributed by atoms with E-state index in [1.807, 2.05) is 4.90 Å². The molecule has 1 aliphatic carbocycles. The van der Waals surface area contributed by atoms with Crippen LogP contribution in [0, 0.1) is 13.8 Å². The number of aliphatic hydroxyl groups excluding tert-OH is 1. The Morgan fingerprint density at radius 1 is 0.921 bits per heavy atom. The Morgan fingerprint density at radius 3 is 2.26 bits per heavy atom. The third kappa shape index (κ3) is 5.01. The highest BCUT2D eigenvalue weighted by atomic mass is 16.3. The number of amides is 3. The van der Waals surface area contributed by atoms with Crippen molar-refractivity contribution in [3.8, 4) is 0 Å². The van der Waals surface area contributed by atoms with Gasteiger partial charge in [-0.2, -0.15) is 5.10 Å². The Bertz CT molecular complexity index is 1220. The third-order valence-corrected chi connectivity index (χ3v) is 8.28. The number of aryl methyl sites for hydroxylation is 1. The number of aromatic nitrogens is 2. The van der Waals surface area contributed by atoms with Crippen LogP contribution in [-0.4, -0.2) is 106 Å². The summed E-state index contributed by atoms with van der Waals surface area (Å²) in [4.78, 5) is 46.3. The molecule has 3 heterocycles. The molecule has 1 atom stereocenters. The number of anilines is 1. The van der Waals surface area contributed by atoms with E-state index in [0.29, 0.717) is 45.0 Å². The van der Waals surface area contributed by atoms with Crippen LogP contribution in [0.25, 0.3) is 0 Å². The van der Waals surface area contributed by atoms with Crippen molar-refractivity contribution >= 4 is 23.4 Å². The Kier molecular flexibility index (Phi) is 7.43. The van der Waals surface area contributed by atoms with Gasteiger partial charge in [-0.3, -0.25) is 19.1 Å². The maximum absolute atomic E-state index is 13.4. The normalized spacial score (nSPS) is 18.5. The van der Waals surface area contributed by atoms with Crippen molar-refractivity contribution in [3.63, 3.8) is 0 Å². The summed E-state index contributed by atoms with van der Waals surface area (Å²) in [6, 6.07) is 6.36. The zero-order chi connectivity index (χ0) is 27.0. The second-order valence-corrected chi connectivity index (χ2v) is 10.7. The number of carbonyl (C=O) groups excluding carboxylic acids is 3. The number of aliphatic hydroxyl groups is 1. The molecule has 38 heavy (non-hydrogen) atoms. The molecule has 5 rings (SSSR count). The van der Waals surface area contributed by atoms with Gasteiger partial charge in [-0.1, -0.05) is 12.1 Å². The topological polar surface area (TPSA) is 102 Å². The fourth-order valence-electron chi connectivity index (χ4n) is 5.86. The number of hydrogen-bond acceptors (Lipinski definition) is 6. The average molecular weight is 523 g/mol. The molecule has 2 saturated heterocycles. The summed E-state index contributed by atoms with van der Waals surface area (Å²) in [6.07, 6.45) is 1.52. The molecule has 1 aromatic heterocycles. The van der Waals surface area contributed by atoms with E-state index in [0.717, 1.165) is 43.6 Å². The lowest BCUT2D eigenvalue weighted by Gasteiger charge is -2.37. The largest absolute Gasteiger partial charge is 0.384 e. The molecule has 0 unspecified atom stereocenters. The van der Waals surface area contributed by atoms with E-state index in [2.05, 4.69) is 42.0 Å².